The minimum Gasteiger partial charge on any atom is -0.264 e. The second-order valence-electron chi connectivity index (χ2n) is 11.6. The van der Waals surface area contributed by atoms with Gasteiger partial charge < -0.3 is 0 Å². The van der Waals surface area contributed by atoms with Crippen molar-refractivity contribution in [3.8, 4) is 56.4 Å². The van der Waals surface area contributed by atoms with Crippen LogP contribution >= 0.6 is 0 Å². The van der Waals surface area contributed by atoms with Gasteiger partial charge >= 0.3 is 0 Å². The van der Waals surface area contributed by atoms with E-state index in [4.69, 9.17) is 15.0 Å². The molecule has 1 aliphatic rings. The normalized spacial score (nSPS) is 13.1. The van der Waals surface area contributed by atoms with Crippen LogP contribution in [-0.4, -0.2) is 19.9 Å². The Morgan fingerprint density at radius 1 is 0.465 bits per heavy atom. The summed E-state index contributed by atoms with van der Waals surface area (Å²) in [5, 5.41) is 2.25. The number of aromatic nitrogens is 4. The molecule has 0 radical (unpaired) electrons. The van der Waals surface area contributed by atoms with Crippen molar-refractivity contribution in [2.75, 3.05) is 0 Å². The van der Waals surface area contributed by atoms with Crippen LogP contribution in [0.1, 0.15) is 25.0 Å². The van der Waals surface area contributed by atoms with E-state index in [0.717, 1.165) is 33.0 Å². The molecular weight excluding hydrogens is 524 g/mol. The summed E-state index contributed by atoms with van der Waals surface area (Å²) in [5.74, 6) is 1.87. The maximum Gasteiger partial charge on any atom is 0.165 e. The highest BCUT2D eigenvalue weighted by Crippen LogP contribution is 2.49. The van der Waals surface area contributed by atoms with Crippen molar-refractivity contribution in [1.82, 2.24) is 19.9 Å². The van der Waals surface area contributed by atoms with E-state index in [9.17, 15) is 0 Å². The van der Waals surface area contributed by atoms with Gasteiger partial charge in [0, 0.05) is 34.5 Å². The summed E-state index contributed by atoms with van der Waals surface area (Å²) in [6, 6.07) is 42.6. The third-order valence-electron chi connectivity index (χ3n) is 8.62. The quantitative estimate of drug-likeness (QED) is 0.218. The van der Waals surface area contributed by atoms with Crippen LogP contribution in [0.4, 0.5) is 0 Å². The lowest BCUT2D eigenvalue weighted by Gasteiger charge is -2.22. The summed E-state index contributed by atoms with van der Waals surface area (Å²) in [7, 11) is 0. The van der Waals surface area contributed by atoms with E-state index in [1.807, 2.05) is 12.1 Å². The molecule has 0 unspecified atom stereocenters. The van der Waals surface area contributed by atoms with Crippen LogP contribution in [0, 0.1) is 0 Å². The lowest BCUT2D eigenvalue weighted by Crippen LogP contribution is -2.14. The molecule has 43 heavy (non-hydrogen) atoms. The van der Waals surface area contributed by atoms with Crippen molar-refractivity contribution in [1.29, 1.82) is 0 Å². The molecular formula is C39H28N4. The molecule has 0 fully saturated rings. The number of nitrogens with zero attached hydrogens (tertiary/aromatic N) is 4. The van der Waals surface area contributed by atoms with Gasteiger partial charge in [0.25, 0.3) is 0 Å². The molecule has 5 aromatic carbocycles. The van der Waals surface area contributed by atoms with E-state index < -0.39 is 0 Å². The number of pyridine rings is 1. The molecule has 204 valence electrons. The van der Waals surface area contributed by atoms with Crippen LogP contribution in [-0.2, 0) is 5.41 Å². The molecule has 7 aromatic rings. The van der Waals surface area contributed by atoms with Gasteiger partial charge in [0.05, 0.1) is 0 Å². The summed E-state index contributed by atoms with van der Waals surface area (Å²) in [4.78, 5) is 19.3. The van der Waals surface area contributed by atoms with E-state index in [2.05, 4.69) is 128 Å². The van der Waals surface area contributed by atoms with Crippen LogP contribution in [0.2, 0.25) is 0 Å². The van der Waals surface area contributed by atoms with Gasteiger partial charge in [-0.25, -0.2) is 15.0 Å². The molecule has 0 saturated heterocycles. The summed E-state index contributed by atoms with van der Waals surface area (Å²) >= 11 is 0. The Morgan fingerprint density at radius 2 is 1.12 bits per heavy atom. The molecule has 2 aromatic heterocycles. The number of rotatable bonds is 4. The van der Waals surface area contributed by atoms with Crippen molar-refractivity contribution in [3.05, 3.63) is 145 Å². The van der Waals surface area contributed by atoms with Gasteiger partial charge in [-0.3, -0.25) is 4.98 Å². The molecule has 4 heteroatoms. The Hall–Kier alpha value is -5.48. The molecule has 0 amide bonds. The monoisotopic (exact) mass is 552 g/mol. The molecule has 0 atom stereocenters. The fourth-order valence-electron chi connectivity index (χ4n) is 6.39. The maximum absolute atomic E-state index is 5.05. The van der Waals surface area contributed by atoms with Gasteiger partial charge in [-0.15, -0.1) is 0 Å². The van der Waals surface area contributed by atoms with E-state index in [0.29, 0.717) is 17.5 Å². The molecule has 0 saturated carbocycles. The average Bonchev–Trinajstić information content (AvgIpc) is 3.30. The van der Waals surface area contributed by atoms with Crippen molar-refractivity contribution >= 4 is 10.8 Å². The van der Waals surface area contributed by atoms with Gasteiger partial charge in [-0.2, -0.15) is 0 Å². The van der Waals surface area contributed by atoms with E-state index in [1.54, 1.807) is 12.4 Å². The Bertz CT molecular complexity index is 2160. The highest BCUT2D eigenvalue weighted by molar-refractivity contribution is 5.95. The second kappa shape index (κ2) is 9.81. The predicted molar refractivity (Wildman–Crippen MR) is 174 cm³/mol. The van der Waals surface area contributed by atoms with Crippen LogP contribution in [0.3, 0.4) is 0 Å². The van der Waals surface area contributed by atoms with Gasteiger partial charge in [0.2, 0.25) is 0 Å². The van der Waals surface area contributed by atoms with E-state index >= 15 is 0 Å². The first-order chi connectivity index (χ1) is 21.1. The van der Waals surface area contributed by atoms with Crippen LogP contribution in [0.25, 0.3) is 67.2 Å². The molecule has 1 aliphatic carbocycles. The van der Waals surface area contributed by atoms with Gasteiger partial charge in [0.15, 0.2) is 17.5 Å². The first kappa shape index (κ1) is 25.2. The third kappa shape index (κ3) is 4.22. The maximum atomic E-state index is 5.05. The predicted octanol–water partition coefficient (Wildman–Crippen LogP) is 9.39. The minimum atomic E-state index is -0.0558. The van der Waals surface area contributed by atoms with E-state index in [1.165, 1.54) is 27.8 Å². The summed E-state index contributed by atoms with van der Waals surface area (Å²) in [6.45, 7) is 4.63. The van der Waals surface area contributed by atoms with Crippen LogP contribution < -0.4 is 0 Å². The lowest BCUT2D eigenvalue weighted by atomic mass is 9.81. The zero-order chi connectivity index (χ0) is 29.0. The second-order valence-corrected chi connectivity index (χ2v) is 11.6. The SMILES string of the molecule is CC1(C)c2ccccc2-c2ccc(-c3cccc(-c4nc(-c5cccnc5)nc(-c5cccc6ccccc56)n4)c3)cc21. The van der Waals surface area contributed by atoms with Crippen molar-refractivity contribution in [2.24, 2.45) is 0 Å². The largest absolute Gasteiger partial charge is 0.264 e. The van der Waals surface area contributed by atoms with Crippen molar-refractivity contribution in [3.63, 3.8) is 0 Å². The number of benzene rings is 5. The Labute approximate surface area is 250 Å². The van der Waals surface area contributed by atoms with Gasteiger partial charge in [-0.05, 0) is 68.4 Å². The Kier molecular flexibility index (Phi) is 5.76. The molecule has 4 nitrogen and oxygen atoms in total. The molecule has 0 spiro atoms. The highest BCUT2D eigenvalue weighted by atomic mass is 15.0. The van der Waals surface area contributed by atoms with Crippen LogP contribution in [0.15, 0.2) is 134 Å². The standard InChI is InChI=1S/C39H28N4/c1-39(2)34-18-6-5-16-31(34)32-20-19-27(23-35(32)39)26-12-7-13-28(22-26)36-41-37(29-14-9-21-40-24-29)43-38(42-36)33-17-8-11-25-10-3-4-15-30(25)33/h3-24H,1-2H3. The molecule has 0 N–H and O–H groups in total. The van der Waals surface area contributed by atoms with Crippen LogP contribution in [0.5, 0.6) is 0 Å². The van der Waals surface area contributed by atoms with Gasteiger partial charge in [-0.1, -0.05) is 111 Å². The zero-order valence-corrected chi connectivity index (χ0v) is 24.0. The van der Waals surface area contributed by atoms with Crippen molar-refractivity contribution < 1.29 is 0 Å². The molecule has 2 heterocycles. The topological polar surface area (TPSA) is 51.6 Å². The van der Waals surface area contributed by atoms with E-state index in [-0.39, 0.29) is 5.41 Å². The first-order valence-corrected chi connectivity index (χ1v) is 14.6. The minimum absolute atomic E-state index is 0.0558. The Morgan fingerprint density at radius 3 is 2.00 bits per heavy atom. The summed E-state index contributed by atoms with van der Waals surface area (Å²) in [6.07, 6.45) is 3.56. The highest BCUT2D eigenvalue weighted by Gasteiger charge is 2.35. The number of hydrogen-bond acceptors (Lipinski definition) is 4. The number of hydrogen-bond donors (Lipinski definition) is 0. The smallest absolute Gasteiger partial charge is 0.165 e. The van der Waals surface area contributed by atoms with Crippen molar-refractivity contribution in [2.45, 2.75) is 19.3 Å². The molecule has 0 aliphatic heterocycles. The molecule has 0 bridgehead atoms. The lowest BCUT2D eigenvalue weighted by molar-refractivity contribution is 0.660. The zero-order valence-electron chi connectivity index (χ0n) is 24.0. The molecule has 8 rings (SSSR count). The van der Waals surface area contributed by atoms with Gasteiger partial charge in [0.1, 0.15) is 0 Å². The fourth-order valence-corrected chi connectivity index (χ4v) is 6.39. The fraction of sp³-hybridized carbons (Fsp3) is 0.0769. The summed E-state index contributed by atoms with van der Waals surface area (Å²) in [5.41, 5.74) is 10.4. The Balaban J connectivity index is 1.27. The number of fused-ring (bicyclic) bond motifs is 4. The summed E-state index contributed by atoms with van der Waals surface area (Å²) < 4.78 is 0. The first-order valence-electron chi connectivity index (χ1n) is 14.6. The average molecular weight is 553 g/mol. The third-order valence-corrected chi connectivity index (χ3v) is 8.62.